The highest BCUT2D eigenvalue weighted by molar-refractivity contribution is 6.30. The SMILES string of the molecule is O=C(O)c1cn(C2CN(C(=O)c3cc(Cl)ccn3)C2)nn1. The van der Waals surface area contributed by atoms with E-state index in [1.807, 2.05) is 0 Å². The van der Waals surface area contributed by atoms with E-state index < -0.39 is 5.97 Å². The van der Waals surface area contributed by atoms with Gasteiger partial charge in [0.1, 0.15) is 5.69 Å². The highest BCUT2D eigenvalue weighted by atomic mass is 35.5. The molecular weight excluding hydrogens is 298 g/mol. The molecule has 0 bridgehead atoms. The van der Waals surface area contributed by atoms with E-state index in [9.17, 15) is 9.59 Å². The molecule has 0 aliphatic carbocycles. The van der Waals surface area contributed by atoms with Crippen LogP contribution in [-0.2, 0) is 0 Å². The molecule has 0 unspecified atom stereocenters. The summed E-state index contributed by atoms with van der Waals surface area (Å²) in [5.74, 6) is -1.34. The van der Waals surface area contributed by atoms with Gasteiger partial charge >= 0.3 is 5.97 Å². The Morgan fingerprint density at radius 2 is 2.10 bits per heavy atom. The Balaban J connectivity index is 1.65. The predicted molar refractivity (Wildman–Crippen MR) is 71.2 cm³/mol. The van der Waals surface area contributed by atoms with E-state index in [1.54, 1.807) is 11.0 Å². The van der Waals surface area contributed by atoms with Gasteiger partial charge in [-0.1, -0.05) is 16.8 Å². The van der Waals surface area contributed by atoms with Crippen LogP contribution in [0.5, 0.6) is 0 Å². The molecule has 1 aliphatic heterocycles. The molecule has 3 heterocycles. The fraction of sp³-hybridized carbons (Fsp3) is 0.250. The third kappa shape index (κ3) is 2.57. The quantitative estimate of drug-likeness (QED) is 0.896. The molecule has 21 heavy (non-hydrogen) atoms. The first-order valence-electron chi connectivity index (χ1n) is 6.10. The van der Waals surface area contributed by atoms with Crippen LogP contribution in [0.3, 0.4) is 0 Å². The number of likely N-dealkylation sites (tertiary alicyclic amines) is 1. The van der Waals surface area contributed by atoms with Gasteiger partial charge in [0.2, 0.25) is 0 Å². The lowest BCUT2D eigenvalue weighted by Crippen LogP contribution is -2.51. The lowest BCUT2D eigenvalue weighted by molar-refractivity contribution is 0.0491. The van der Waals surface area contributed by atoms with Crippen molar-refractivity contribution in [1.82, 2.24) is 24.9 Å². The van der Waals surface area contributed by atoms with Crippen molar-refractivity contribution in [1.29, 1.82) is 0 Å². The summed E-state index contributed by atoms with van der Waals surface area (Å²) in [7, 11) is 0. The lowest BCUT2D eigenvalue weighted by atomic mass is 10.1. The Bertz CT molecular complexity index is 710. The van der Waals surface area contributed by atoms with Crippen molar-refractivity contribution in [3.8, 4) is 0 Å². The fourth-order valence-corrected chi connectivity index (χ4v) is 2.19. The molecule has 8 nitrogen and oxygen atoms in total. The summed E-state index contributed by atoms with van der Waals surface area (Å²) in [5, 5.41) is 16.5. The normalized spacial score (nSPS) is 14.8. The molecule has 0 aromatic carbocycles. The number of amides is 1. The summed E-state index contributed by atoms with van der Waals surface area (Å²) in [6.07, 6.45) is 2.83. The van der Waals surface area contributed by atoms with Gasteiger partial charge in [-0.25, -0.2) is 9.48 Å². The Hall–Kier alpha value is -2.48. The standard InChI is InChI=1S/C12H10ClN5O3/c13-7-1-2-14-9(3-7)11(19)17-4-8(5-17)18-6-10(12(20)21)15-16-18/h1-3,6,8H,4-5H2,(H,20,21). The number of halogens is 1. The average Bonchev–Trinajstić information content (AvgIpc) is 2.86. The number of carboxylic acids is 1. The lowest BCUT2D eigenvalue weighted by Gasteiger charge is -2.38. The van der Waals surface area contributed by atoms with Gasteiger partial charge in [-0.3, -0.25) is 9.78 Å². The zero-order chi connectivity index (χ0) is 15.0. The van der Waals surface area contributed by atoms with E-state index in [0.29, 0.717) is 18.1 Å². The van der Waals surface area contributed by atoms with Gasteiger partial charge in [-0.15, -0.1) is 5.10 Å². The summed E-state index contributed by atoms with van der Waals surface area (Å²) in [6.45, 7) is 0.852. The van der Waals surface area contributed by atoms with Gasteiger partial charge in [0, 0.05) is 24.3 Å². The number of hydrogen-bond donors (Lipinski definition) is 1. The number of hydrogen-bond acceptors (Lipinski definition) is 5. The number of pyridine rings is 1. The van der Waals surface area contributed by atoms with Crippen molar-refractivity contribution in [3.05, 3.63) is 40.9 Å². The first-order chi connectivity index (χ1) is 10.0. The molecule has 9 heteroatoms. The second kappa shape index (κ2) is 5.13. The number of nitrogens with zero attached hydrogens (tertiary/aromatic N) is 5. The second-order valence-electron chi connectivity index (χ2n) is 4.61. The monoisotopic (exact) mass is 307 g/mol. The summed E-state index contributed by atoms with van der Waals surface area (Å²) < 4.78 is 1.46. The minimum absolute atomic E-state index is 0.0752. The number of carbonyl (C=O) groups excluding carboxylic acids is 1. The topological polar surface area (TPSA) is 101 Å². The maximum Gasteiger partial charge on any atom is 0.358 e. The highest BCUT2D eigenvalue weighted by Crippen LogP contribution is 2.22. The third-order valence-electron chi connectivity index (χ3n) is 3.19. The molecule has 0 saturated carbocycles. The van der Waals surface area contributed by atoms with Crippen molar-refractivity contribution in [3.63, 3.8) is 0 Å². The molecule has 1 amide bonds. The molecule has 3 rings (SSSR count). The molecule has 1 N–H and O–H groups in total. The summed E-state index contributed by atoms with van der Waals surface area (Å²) in [5.41, 5.74) is 0.169. The first kappa shape index (κ1) is 13.5. The fourth-order valence-electron chi connectivity index (χ4n) is 2.03. The number of aromatic carboxylic acids is 1. The van der Waals surface area contributed by atoms with Crippen LogP contribution in [0.15, 0.2) is 24.5 Å². The molecule has 1 fully saturated rings. The van der Waals surface area contributed by atoms with Crippen molar-refractivity contribution >= 4 is 23.5 Å². The van der Waals surface area contributed by atoms with Crippen molar-refractivity contribution in [2.24, 2.45) is 0 Å². The first-order valence-corrected chi connectivity index (χ1v) is 6.48. The number of aromatic nitrogens is 4. The number of rotatable bonds is 3. The summed E-state index contributed by atoms with van der Waals surface area (Å²) >= 11 is 5.82. The Morgan fingerprint density at radius 3 is 2.71 bits per heavy atom. The minimum Gasteiger partial charge on any atom is -0.476 e. The van der Waals surface area contributed by atoms with E-state index >= 15 is 0 Å². The number of carbonyl (C=O) groups is 2. The van der Waals surface area contributed by atoms with Gasteiger partial charge in [0.05, 0.1) is 12.2 Å². The Kier molecular flexibility index (Phi) is 3.30. The molecule has 2 aromatic rings. The van der Waals surface area contributed by atoms with Crippen LogP contribution in [0.2, 0.25) is 5.02 Å². The molecule has 0 radical (unpaired) electrons. The van der Waals surface area contributed by atoms with Crippen LogP contribution >= 0.6 is 11.6 Å². The van der Waals surface area contributed by atoms with Crippen molar-refractivity contribution in [2.75, 3.05) is 13.1 Å². The summed E-state index contributed by atoms with van der Waals surface area (Å²) in [6, 6.07) is 3.03. The minimum atomic E-state index is -1.13. The van der Waals surface area contributed by atoms with Crippen LogP contribution in [0.4, 0.5) is 0 Å². The zero-order valence-electron chi connectivity index (χ0n) is 10.7. The van der Waals surface area contributed by atoms with Crippen LogP contribution < -0.4 is 0 Å². The zero-order valence-corrected chi connectivity index (χ0v) is 11.4. The van der Waals surface area contributed by atoms with Gasteiger partial charge in [0.15, 0.2) is 5.69 Å². The average molecular weight is 308 g/mol. The molecule has 1 saturated heterocycles. The predicted octanol–water partition coefficient (Wildman–Crippen LogP) is 0.722. The van der Waals surface area contributed by atoms with Gasteiger partial charge in [-0.2, -0.15) is 0 Å². The third-order valence-corrected chi connectivity index (χ3v) is 3.43. The van der Waals surface area contributed by atoms with Crippen LogP contribution in [0.25, 0.3) is 0 Å². The van der Waals surface area contributed by atoms with Crippen molar-refractivity contribution < 1.29 is 14.7 Å². The molecule has 108 valence electrons. The molecule has 0 spiro atoms. The Morgan fingerprint density at radius 1 is 1.33 bits per heavy atom. The van der Waals surface area contributed by atoms with Crippen LogP contribution in [0, 0.1) is 0 Å². The maximum atomic E-state index is 12.1. The van der Waals surface area contributed by atoms with E-state index in [2.05, 4.69) is 15.3 Å². The van der Waals surface area contributed by atoms with Gasteiger partial charge in [-0.05, 0) is 12.1 Å². The molecule has 1 aliphatic rings. The maximum absolute atomic E-state index is 12.1. The van der Waals surface area contributed by atoms with Gasteiger partial charge < -0.3 is 10.0 Å². The smallest absolute Gasteiger partial charge is 0.358 e. The Labute approximate surface area is 124 Å². The second-order valence-corrected chi connectivity index (χ2v) is 5.05. The van der Waals surface area contributed by atoms with Crippen molar-refractivity contribution in [2.45, 2.75) is 6.04 Å². The summed E-state index contributed by atoms with van der Waals surface area (Å²) in [4.78, 5) is 28.4. The molecular formula is C12H10ClN5O3. The van der Waals surface area contributed by atoms with E-state index in [-0.39, 0.29) is 23.3 Å². The molecule has 0 atom stereocenters. The van der Waals surface area contributed by atoms with Crippen LogP contribution in [0.1, 0.15) is 27.0 Å². The van der Waals surface area contributed by atoms with E-state index in [4.69, 9.17) is 16.7 Å². The van der Waals surface area contributed by atoms with E-state index in [1.165, 1.54) is 23.1 Å². The van der Waals surface area contributed by atoms with Gasteiger partial charge in [0.25, 0.3) is 5.91 Å². The van der Waals surface area contributed by atoms with Crippen LogP contribution in [-0.4, -0.2) is 55.0 Å². The highest BCUT2D eigenvalue weighted by Gasteiger charge is 2.34. The number of carboxylic acid groups (broad SMARTS) is 1. The van der Waals surface area contributed by atoms with E-state index in [0.717, 1.165) is 0 Å². The largest absolute Gasteiger partial charge is 0.476 e. The molecule has 2 aromatic heterocycles.